The van der Waals surface area contributed by atoms with Gasteiger partial charge in [0.1, 0.15) is 0 Å². The minimum absolute atomic E-state index is 0.370. The molecule has 0 spiro atoms. The fourth-order valence-corrected chi connectivity index (χ4v) is 2.97. The summed E-state index contributed by atoms with van der Waals surface area (Å²) < 4.78 is 0. The molecule has 0 radical (unpaired) electrons. The van der Waals surface area contributed by atoms with Crippen molar-refractivity contribution in [3.63, 3.8) is 0 Å². The fraction of sp³-hybridized carbons (Fsp3) is 0.800. The summed E-state index contributed by atoms with van der Waals surface area (Å²) in [4.78, 5) is 6.78. The van der Waals surface area contributed by atoms with Crippen LogP contribution in [0.3, 0.4) is 0 Å². The van der Waals surface area contributed by atoms with E-state index in [0.717, 1.165) is 19.6 Å². The van der Waals surface area contributed by atoms with Crippen LogP contribution in [0.2, 0.25) is 0 Å². The molecule has 19 heavy (non-hydrogen) atoms. The van der Waals surface area contributed by atoms with E-state index in [2.05, 4.69) is 55.3 Å². The second-order valence-corrected chi connectivity index (χ2v) is 6.61. The van der Waals surface area contributed by atoms with E-state index >= 15 is 0 Å². The average Bonchev–Trinajstić information content (AvgIpc) is 2.87. The predicted octanol–water partition coefficient (Wildman–Crippen LogP) is 3.38. The highest BCUT2D eigenvalue weighted by molar-refractivity contribution is 7.07. The molecule has 1 N–H and O–H groups in total. The van der Waals surface area contributed by atoms with Gasteiger partial charge in [0, 0.05) is 31.1 Å². The average molecular weight is 283 g/mol. The summed E-state index contributed by atoms with van der Waals surface area (Å²) in [5.74, 6) is 0. The maximum atomic E-state index is 4.37. The van der Waals surface area contributed by atoms with E-state index in [1.165, 1.54) is 18.5 Å². The fourth-order valence-electron chi connectivity index (χ4n) is 2.42. The van der Waals surface area contributed by atoms with Gasteiger partial charge in [0.05, 0.1) is 11.2 Å². The van der Waals surface area contributed by atoms with Crippen molar-refractivity contribution in [1.82, 2.24) is 15.2 Å². The SMILES string of the molecule is CCC(CC)(CNC(C)C)CN(C)Cc1cscn1. The Balaban J connectivity index is 2.55. The largest absolute Gasteiger partial charge is 0.314 e. The van der Waals surface area contributed by atoms with E-state index in [4.69, 9.17) is 0 Å². The van der Waals surface area contributed by atoms with Gasteiger partial charge in [-0.25, -0.2) is 4.98 Å². The van der Waals surface area contributed by atoms with Crippen LogP contribution in [0.5, 0.6) is 0 Å². The lowest BCUT2D eigenvalue weighted by atomic mass is 9.81. The van der Waals surface area contributed by atoms with E-state index in [1.54, 1.807) is 11.3 Å². The number of hydrogen-bond donors (Lipinski definition) is 1. The van der Waals surface area contributed by atoms with Gasteiger partial charge in [-0.05, 0) is 25.3 Å². The van der Waals surface area contributed by atoms with Gasteiger partial charge in [-0.15, -0.1) is 11.3 Å². The molecule has 0 unspecified atom stereocenters. The van der Waals surface area contributed by atoms with Crippen LogP contribution >= 0.6 is 11.3 Å². The van der Waals surface area contributed by atoms with Crippen molar-refractivity contribution in [3.8, 4) is 0 Å². The molecular formula is C15H29N3S. The molecule has 0 bridgehead atoms. The lowest BCUT2D eigenvalue weighted by Gasteiger charge is -2.36. The summed E-state index contributed by atoms with van der Waals surface area (Å²) in [5.41, 5.74) is 3.47. The molecule has 3 nitrogen and oxygen atoms in total. The molecule has 0 fully saturated rings. The zero-order valence-corrected chi connectivity index (χ0v) is 13.9. The highest BCUT2D eigenvalue weighted by atomic mass is 32.1. The number of nitrogens with one attached hydrogen (secondary N) is 1. The minimum Gasteiger partial charge on any atom is -0.314 e. The van der Waals surface area contributed by atoms with E-state index in [9.17, 15) is 0 Å². The first-order chi connectivity index (χ1) is 9.01. The molecule has 0 saturated heterocycles. The Hall–Kier alpha value is -0.450. The number of hydrogen-bond acceptors (Lipinski definition) is 4. The van der Waals surface area contributed by atoms with Gasteiger partial charge < -0.3 is 5.32 Å². The number of thiazole rings is 1. The van der Waals surface area contributed by atoms with Crippen molar-refractivity contribution in [3.05, 3.63) is 16.6 Å². The summed E-state index contributed by atoms with van der Waals surface area (Å²) in [6.07, 6.45) is 2.43. The van der Waals surface area contributed by atoms with Crippen molar-refractivity contribution in [2.45, 2.75) is 53.1 Å². The summed E-state index contributed by atoms with van der Waals surface area (Å²) in [5, 5.41) is 5.75. The van der Waals surface area contributed by atoms with Gasteiger partial charge in [-0.3, -0.25) is 4.90 Å². The summed E-state index contributed by atoms with van der Waals surface area (Å²) in [6.45, 7) is 12.2. The zero-order valence-electron chi connectivity index (χ0n) is 13.1. The third kappa shape index (κ3) is 5.59. The molecule has 4 heteroatoms. The lowest BCUT2D eigenvalue weighted by Crippen LogP contribution is -2.44. The van der Waals surface area contributed by atoms with Gasteiger partial charge in [-0.2, -0.15) is 0 Å². The van der Waals surface area contributed by atoms with Crippen molar-refractivity contribution in [1.29, 1.82) is 0 Å². The quantitative estimate of drug-likeness (QED) is 0.753. The number of nitrogens with zero attached hydrogens (tertiary/aromatic N) is 2. The van der Waals surface area contributed by atoms with Crippen molar-refractivity contribution in [2.75, 3.05) is 20.1 Å². The molecule has 0 aliphatic rings. The van der Waals surface area contributed by atoms with E-state index in [-0.39, 0.29) is 0 Å². The monoisotopic (exact) mass is 283 g/mol. The number of rotatable bonds is 9. The van der Waals surface area contributed by atoms with Crippen LogP contribution in [-0.2, 0) is 6.54 Å². The highest BCUT2D eigenvalue weighted by Gasteiger charge is 2.27. The zero-order chi connectivity index (χ0) is 14.3. The summed E-state index contributed by atoms with van der Waals surface area (Å²) >= 11 is 1.68. The van der Waals surface area contributed by atoms with Crippen LogP contribution in [0.4, 0.5) is 0 Å². The Labute approximate surface area is 122 Å². The molecule has 0 aromatic carbocycles. The highest BCUT2D eigenvalue weighted by Crippen LogP contribution is 2.27. The molecular weight excluding hydrogens is 254 g/mol. The Morgan fingerprint density at radius 1 is 1.37 bits per heavy atom. The van der Waals surface area contributed by atoms with Gasteiger partial charge in [0.25, 0.3) is 0 Å². The first-order valence-electron chi connectivity index (χ1n) is 7.30. The smallest absolute Gasteiger partial charge is 0.0795 e. The molecule has 1 aromatic heterocycles. The van der Waals surface area contributed by atoms with Crippen molar-refractivity contribution < 1.29 is 0 Å². The standard InChI is InChI=1S/C15H29N3S/c1-6-15(7-2,10-16-13(3)4)11-18(5)8-14-9-19-12-17-14/h9,12-13,16H,6-8,10-11H2,1-5H3. The maximum Gasteiger partial charge on any atom is 0.0795 e. The Morgan fingerprint density at radius 2 is 2.05 bits per heavy atom. The van der Waals surface area contributed by atoms with Gasteiger partial charge in [0.2, 0.25) is 0 Å². The Kier molecular flexibility index (Phi) is 6.97. The molecule has 0 aliphatic carbocycles. The normalized spacial score (nSPS) is 12.6. The number of aromatic nitrogens is 1. The van der Waals surface area contributed by atoms with Crippen LogP contribution in [0, 0.1) is 5.41 Å². The second-order valence-electron chi connectivity index (χ2n) is 5.89. The second kappa shape index (κ2) is 7.98. The molecule has 0 amide bonds. The Morgan fingerprint density at radius 3 is 2.53 bits per heavy atom. The molecule has 0 atom stereocenters. The van der Waals surface area contributed by atoms with Gasteiger partial charge >= 0.3 is 0 Å². The first-order valence-corrected chi connectivity index (χ1v) is 8.24. The van der Waals surface area contributed by atoms with E-state index in [1.807, 2.05) is 5.51 Å². The third-order valence-electron chi connectivity index (χ3n) is 3.91. The molecule has 1 rings (SSSR count). The molecule has 110 valence electrons. The first kappa shape index (κ1) is 16.6. The maximum absolute atomic E-state index is 4.37. The van der Waals surface area contributed by atoms with Crippen LogP contribution in [0.15, 0.2) is 10.9 Å². The van der Waals surface area contributed by atoms with Crippen LogP contribution < -0.4 is 5.32 Å². The molecule has 0 saturated carbocycles. The summed E-state index contributed by atoms with van der Waals surface area (Å²) in [6, 6.07) is 0.557. The topological polar surface area (TPSA) is 28.2 Å². The van der Waals surface area contributed by atoms with Gasteiger partial charge in [0.15, 0.2) is 0 Å². The Bertz CT molecular complexity index is 331. The van der Waals surface area contributed by atoms with Crippen LogP contribution in [0.1, 0.15) is 46.2 Å². The lowest BCUT2D eigenvalue weighted by molar-refractivity contribution is 0.147. The summed E-state index contributed by atoms with van der Waals surface area (Å²) in [7, 11) is 2.20. The van der Waals surface area contributed by atoms with Crippen molar-refractivity contribution >= 4 is 11.3 Å². The van der Waals surface area contributed by atoms with Crippen LogP contribution in [-0.4, -0.2) is 36.1 Å². The third-order valence-corrected chi connectivity index (χ3v) is 4.54. The van der Waals surface area contributed by atoms with Gasteiger partial charge in [-0.1, -0.05) is 27.7 Å². The van der Waals surface area contributed by atoms with Crippen LogP contribution in [0.25, 0.3) is 0 Å². The molecule has 1 heterocycles. The van der Waals surface area contributed by atoms with E-state index in [0.29, 0.717) is 11.5 Å². The minimum atomic E-state index is 0.370. The van der Waals surface area contributed by atoms with Crippen molar-refractivity contribution in [2.24, 2.45) is 5.41 Å². The molecule has 1 aromatic rings. The predicted molar refractivity (Wildman–Crippen MR) is 84.6 cm³/mol. The molecule has 0 aliphatic heterocycles. The van der Waals surface area contributed by atoms with E-state index < -0.39 is 0 Å².